The summed E-state index contributed by atoms with van der Waals surface area (Å²) in [6.07, 6.45) is 6.55. The van der Waals surface area contributed by atoms with Crippen LogP contribution in [-0.4, -0.2) is 23.0 Å². The number of halogens is 1. The van der Waals surface area contributed by atoms with Gasteiger partial charge in [-0.15, -0.1) is 12.4 Å². The van der Waals surface area contributed by atoms with Crippen LogP contribution in [0.3, 0.4) is 0 Å². The first-order chi connectivity index (χ1) is 9.29. The van der Waals surface area contributed by atoms with Crippen LogP contribution in [0.4, 0.5) is 0 Å². The number of H-pyrrole nitrogens is 1. The number of para-hydroxylation sites is 1. The van der Waals surface area contributed by atoms with E-state index in [1.54, 1.807) is 5.56 Å². The highest BCUT2D eigenvalue weighted by atomic mass is 35.5. The van der Waals surface area contributed by atoms with E-state index in [0.717, 1.165) is 0 Å². The van der Waals surface area contributed by atoms with Gasteiger partial charge in [0, 0.05) is 16.6 Å². The molecule has 1 atom stereocenters. The fourth-order valence-corrected chi connectivity index (χ4v) is 4.18. The van der Waals surface area contributed by atoms with Gasteiger partial charge in [-0.2, -0.15) is 0 Å². The van der Waals surface area contributed by atoms with Crippen molar-refractivity contribution >= 4 is 23.3 Å². The molecule has 1 aromatic heterocycles. The first kappa shape index (κ1) is 14.0. The summed E-state index contributed by atoms with van der Waals surface area (Å²) in [7, 11) is 0. The second kappa shape index (κ2) is 5.09. The number of fused-ring (bicyclic) bond motifs is 5. The molecule has 0 aliphatic carbocycles. The third kappa shape index (κ3) is 1.89. The number of aryl methyl sites for hydroxylation is 1. The molecule has 1 N–H and O–H groups in total. The minimum Gasteiger partial charge on any atom is -0.357 e. The molecule has 108 valence electrons. The van der Waals surface area contributed by atoms with Crippen LogP contribution in [0.1, 0.15) is 43.9 Å². The lowest BCUT2D eigenvalue weighted by atomic mass is 9.84. The van der Waals surface area contributed by atoms with Crippen LogP contribution >= 0.6 is 12.4 Å². The molecule has 2 nitrogen and oxygen atoms in total. The molecule has 0 spiro atoms. The van der Waals surface area contributed by atoms with Crippen molar-refractivity contribution < 1.29 is 0 Å². The van der Waals surface area contributed by atoms with Crippen molar-refractivity contribution in [2.75, 3.05) is 13.1 Å². The lowest BCUT2D eigenvalue weighted by Gasteiger charge is -2.44. The van der Waals surface area contributed by atoms with E-state index in [1.807, 2.05) is 0 Å². The molecule has 20 heavy (non-hydrogen) atoms. The lowest BCUT2D eigenvalue weighted by molar-refractivity contribution is 0.0596. The molecule has 1 fully saturated rings. The Morgan fingerprint density at radius 3 is 2.80 bits per heavy atom. The topological polar surface area (TPSA) is 19.0 Å². The summed E-state index contributed by atoms with van der Waals surface area (Å²) in [5.41, 5.74) is 4.65. The fourth-order valence-electron chi connectivity index (χ4n) is 4.18. The molecule has 0 radical (unpaired) electrons. The van der Waals surface area contributed by atoms with Gasteiger partial charge >= 0.3 is 0 Å². The maximum atomic E-state index is 3.75. The maximum Gasteiger partial charge on any atom is 0.0586 e. The minimum absolute atomic E-state index is 0. The molecule has 0 unspecified atom stereocenters. The quantitative estimate of drug-likeness (QED) is 0.769. The summed E-state index contributed by atoms with van der Waals surface area (Å²) in [5, 5.41) is 1.45. The van der Waals surface area contributed by atoms with E-state index in [2.05, 4.69) is 41.1 Å². The summed E-state index contributed by atoms with van der Waals surface area (Å²) < 4.78 is 0. The Balaban J connectivity index is 0.00000121. The van der Waals surface area contributed by atoms with Gasteiger partial charge in [-0.1, -0.05) is 18.2 Å². The van der Waals surface area contributed by atoms with Gasteiger partial charge < -0.3 is 4.98 Å². The normalized spacial score (nSPS) is 26.4. The number of hydrogen-bond donors (Lipinski definition) is 1. The number of aromatic nitrogens is 1. The molecule has 3 heterocycles. The molecule has 2 aromatic rings. The maximum absolute atomic E-state index is 3.75. The van der Waals surface area contributed by atoms with Crippen molar-refractivity contribution in [3.8, 4) is 0 Å². The zero-order valence-electron chi connectivity index (χ0n) is 12.1. The molecule has 1 saturated heterocycles. The van der Waals surface area contributed by atoms with Crippen LogP contribution in [0.15, 0.2) is 24.3 Å². The first-order valence-corrected chi connectivity index (χ1v) is 7.64. The van der Waals surface area contributed by atoms with E-state index in [9.17, 15) is 0 Å². The van der Waals surface area contributed by atoms with Crippen molar-refractivity contribution in [3.63, 3.8) is 0 Å². The third-order valence-corrected chi connectivity index (χ3v) is 5.25. The average molecular weight is 291 g/mol. The number of rotatable bonds is 0. The Morgan fingerprint density at radius 1 is 1.10 bits per heavy atom. The second-order valence-corrected chi connectivity index (χ2v) is 6.35. The van der Waals surface area contributed by atoms with Gasteiger partial charge in [0.05, 0.1) is 5.54 Å². The van der Waals surface area contributed by atoms with Gasteiger partial charge in [0.1, 0.15) is 0 Å². The molecule has 4 rings (SSSR count). The standard InChI is InChI=1S/C17H22N2.ClH/c1-17-10-4-5-11-19(17)12-6-8-14-13-7-2-3-9-15(13)18-16(14)17;/h2-3,7,9,18H,4-6,8,10-12H2,1H3;1H/t17-;/m1./s1. The Morgan fingerprint density at radius 2 is 1.90 bits per heavy atom. The summed E-state index contributed by atoms with van der Waals surface area (Å²) in [6, 6.07) is 8.81. The Hall–Kier alpha value is -0.990. The lowest BCUT2D eigenvalue weighted by Crippen LogP contribution is -2.47. The van der Waals surface area contributed by atoms with Crippen molar-refractivity contribution in [1.82, 2.24) is 9.88 Å². The Labute approximate surface area is 127 Å². The number of nitrogens with one attached hydrogen (secondary N) is 1. The third-order valence-electron chi connectivity index (χ3n) is 5.25. The van der Waals surface area contributed by atoms with Gasteiger partial charge in [0.2, 0.25) is 0 Å². The van der Waals surface area contributed by atoms with Crippen molar-refractivity contribution in [2.45, 2.75) is 44.6 Å². The summed E-state index contributed by atoms with van der Waals surface area (Å²) >= 11 is 0. The zero-order valence-corrected chi connectivity index (χ0v) is 12.9. The summed E-state index contributed by atoms with van der Waals surface area (Å²) in [6.45, 7) is 4.98. The number of piperidine rings is 1. The largest absolute Gasteiger partial charge is 0.357 e. The minimum atomic E-state index is 0. The highest BCUT2D eigenvalue weighted by Gasteiger charge is 2.40. The zero-order chi connectivity index (χ0) is 12.9. The van der Waals surface area contributed by atoms with Crippen molar-refractivity contribution in [1.29, 1.82) is 0 Å². The van der Waals surface area contributed by atoms with Crippen LogP contribution in [0.5, 0.6) is 0 Å². The molecule has 1 aromatic carbocycles. The van der Waals surface area contributed by atoms with E-state index in [4.69, 9.17) is 0 Å². The summed E-state index contributed by atoms with van der Waals surface area (Å²) in [5.74, 6) is 0. The van der Waals surface area contributed by atoms with E-state index >= 15 is 0 Å². The molecule has 0 bridgehead atoms. The Bertz CT molecular complexity index is 618. The second-order valence-electron chi connectivity index (χ2n) is 6.35. The van der Waals surface area contributed by atoms with Crippen molar-refractivity contribution in [2.24, 2.45) is 0 Å². The molecule has 3 heteroatoms. The van der Waals surface area contributed by atoms with Crippen LogP contribution in [0, 0.1) is 0 Å². The Kier molecular flexibility index (Phi) is 3.55. The average Bonchev–Trinajstić information content (AvgIpc) is 2.74. The molecule has 2 aliphatic rings. The number of benzene rings is 1. The monoisotopic (exact) mass is 290 g/mol. The number of nitrogens with zero attached hydrogens (tertiary/aromatic N) is 1. The molecule has 2 aliphatic heterocycles. The van der Waals surface area contributed by atoms with Gasteiger partial charge in [-0.3, -0.25) is 4.90 Å². The molecular weight excluding hydrogens is 268 g/mol. The SMILES string of the molecule is C[C@]12CCCCN1CCCc1c2[nH]c2ccccc12.Cl. The van der Waals surface area contributed by atoms with Gasteiger partial charge in [-0.05, 0) is 63.7 Å². The fraction of sp³-hybridized carbons (Fsp3) is 0.529. The van der Waals surface area contributed by atoms with E-state index in [1.165, 1.54) is 61.8 Å². The number of hydrogen-bond acceptors (Lipinski definition) is 1. The van der Waals surface area contributed by atoms with Crippen LogP contribution in [-0.2, 0) is 12.0 Å². The van der Waals surface area contributed by atoms with Crippen LogP contribution in [0.25, 0.3) is 10.9 Å². The highest BCUT2D eigenvalue weighted by Crippen LogP contribution is 2.42. The predicted octanol–water partition coefficient (Wildman–Crippen LogP) is 4.24. The van der Waals surface area contributed by atoms with E-state index in [-0.39, 0.29) is 17.9 Å². The summed E-state index contributed by atoms with van der Waals surface area (Å²) in [4.78, 5) is 6.47. The first-order valence-electron chi connectivity index (χ1n) is 7.64. The van der Waals surface area contributed by atoms with Gasteiger partial charge in [0.25, 0.3) is 0 Å². The molecule has 0 saturated carbocycles. The van der Waals surface area contributed by atoms with E-state index in [0.29, 0.717) is 0 Å². The van der Waals surface area contributed by atoms with E-state index < -0.39 is 0 Å². The smallest absolute Gasteiger partial charge is 0.0586 e. The highest BCUT2D eigenvalue weighted by molar-refractivity contribution is 5.85. The van der Waals surface area contributed by atoms with Crippen LogP contribution in [0.2, 0.25) is 0 Å². The van der Waals surface area contributed by atoms with Gasteiger partial charge in [0.15, 0.2) is 0 Å². The molecule has 0 amide bonds. The number of aromatic amines is 1. The predicted molar refractivity (Wildman–Crippen MR) is 86.6 cm³/mol. The van der Waals surface area contributed by atoms with Crippen molar-refractivity contribution in [3.05, 3.63) is 35.5 Å². The molecular formula is C17H23ClN2. The van der Waals surface area contributed by atoms with Crippen LogP contribution < -0.4 is 0 Å². The van der Waals surface area contributed by atoms with Gasteiger partial charge in [-0.25, -0.2) is 0 Å².